The molecule has 2 aromatic heterocycles. The van der Waals surface area contributed by atoms with Gasteiger partial charge in [-0.3, -0.25) is 9.78 Å². The molecule has 0 radical (unpaired) electrons. The summed E-state index contributed by atoms with van der Waals surface area (Å²) < 4.78 is 0. The molecule has 0 saturated carbocycles. The van der Waals surface area contributed by atoms with Crippen molar-refractivity contribution >= 4 is 16.7 Å². The smallest absolute Gasteiger partial charge is 0.273 e. The monoisotopic (exact) mass is 333 g/mol. The number of carbonyl (C=O) groups excluding carboxylic acids is 1. The first-order chi connectivity index (χ1) is 12.3. The number of hydrogen-bond acceptors (Lipinski definition) is 4. The number of pyridine rings is 1. The summed E-state index contributed by atoms with van der Waals surface area (Å²) in [4.78, 5) is 21.6. The topological polar surface area (TPSA) is 63.9 Å². The van der Waals surface area contributed by atoms with E-state index in [0.29, 0.717) is 5.69 Å². The third-order valence-electron chi connectivity index (χ3n) is 5.58. The summed E-state index contributed by atoms with van der Waals surface area (Å²) in [6, 6.07) is 10.7. The van der Waals surface area contributed by atoms with Crippen LogP contribution in [0.2, 0.25) is 0 Å². The number of hydrogen-bond donors (Lipinski definition) is 0. The molecule has 6 heteroatoms. The lowest BCUT2D eigenvalue weighted by molar-refractivity contribution is 0.0508. The van der Waals surface area contributed by atoms with Gasteiger partial charge in [-0.1, -0.05) is 24.3 Å². The van der Waals surface area contributed by atoms with E-state index in [1.807, 2.05) is 35.1 Å². The van der Waals surface area contributed by atoms with Gasteiger partial charge in [0.2, 0.25) is 0 Å². The Morgan fingerprint density at radius 3 is 2.40 bits per heavy atom. The fraction of sp³-hybridized carbons (Fsp3) is 0.368. The van der Waals surface area contributed by atoms with Crippen LogP contribution in [-0.4, -0.2) is 42.9 Å². The molecule has 5 rings (SSSR count). The summed E-state index contributed by atoms with van der Waals surface area (Å²) in [7, 11) is 0. The molecule has 2 aliphatic heterocycles. The maximum absolute atomic E-state index is 13.3. The van der Waals surface area contributed by atoms with E-state index in [-0.39, 0.29) is 24.0 Å². The summed E-state index contributed by atoms with van der Waals surface area (Å²) in [5.41, 5.74) is 0.575. The van der Waals surface area contributed by atoms with Crippen LogP contribution in [-0.2, 0) is 0 Å². The Kier molecular flexibility index (Phi) is 3.29. The molecule has 3 aromatic rings. The summed E-state index contributed by atoms with van der Waals surface area (Å²) in [6.07, 6.45) is 9.12. The van der Waals surface area contributed by atoms with Crippen LogP contribution in [0.5, 0.6) is 0 Å². The molecule has 0 spiro atoms. The van der Waals surface area contributed by atoms with Crippen molar-refractivity contribution < 1.29 is 4.79 Å². The zero-order chi connectivity index (χ0) is 16.8. The molecule has 2 atom stereocenters. The van der Waals surface area contributed by atoms with Gasteiger partial charge in [-0.05, 0) is 37.1 Å². The molecule has 2 unspecified atom stereocenters. The number of amides is 1. The van der Waals surface area contributed by atoms with E-state index in [9.17, 15) is 4.79 Å². The summed E-state index contributed by atoms with van der Waals surface area (Å²) >= 11 is 0. The minimum absolute atomic E-state index is 0.0659. The van der Waals surface area contributed by atoms with Gasteiger partial charge in [0.15, 0.2) is 0 Å². The molecule has 1 aromatic carbocycles. The number of nitrogens with zero attached hydrogens (tertiary/aromatic N) is 5. The van der Waals surface area contributed by atoms with Crippen molar-refractivity contribution in [1.82, 2.24) is 24.9 Å². The summed E-state index contributed by atoms with van der Waals surface area (Å²) in [6.45, 7) is 0. The highest BCUT2D eigenvalue weighted by Gasteiger charge is 2.44. The molecular weight excluding hydrogens is 314 g/mol. The number of benzene rings is 1. The molecule has 2 saturated heterocycles. The van der Waals surface area contributed by atoms with Crippen molar-refractivity contribution in [2.45, 2.75) is 43.8 Å². The lowest BCUT2D eigenvalue weighted by atomic mass is 9.97. The molecule has 4 heterocycles. The maximum Gasteiger partial charge on any atom is 0.273 e. The van der Waals surface area contributed by atoms with E-state index in [0.717, 1.165) is 36.5 Å². The molecular formula is C19H19N5O. The number of carbonyl (C=O) groups is 1. The van der Waals surface area contributed by atoms with Gasteiger partial charge in [0.05, 0.1) is 18.4 Å². The molecule has 0 aliphatic carbocycles. The molecule has 2 aliphatic rings. The Labute approximate surface area is 145 Å². The Bertz CT molecular complexity index is 903. The zero-order valence-electron chi connectivity index (χ0n) is 13.8. The van der Waals surface area contributed by atoms with Crippen molar-refractivity contribution in [3.63, 3.8) is 0 Å². The highest BCUT2D eigenvalue weighted by Crippen LogP contribution is 2.41. The second kappa shape index (κ2) is 5.65. The molecule has 6 nitrogen and oxygen atoms in total. The van der Waals surface area contributed by atoms with Gasteiger partial charge in [0.1, 0.15) is 5.69 Å². The number of rotatable bonds is 2. The lowest BCUT2D eigenvalue weighted by Gasteiger charge is -2.38. The number of piperidine rings is 1. The predicted octanol–water partition coefficient (Wildman–Crippen LogP) is 2.83. The highest BCUT2D eigenvalue weighted by molar-refractivity contribution is 6.05. The minimum atomic E-state index is 0.0659. The normalized spacial score (nSPS) is 25.4. The van der Waals surface area contributed by atoms with Gasteiger partial charge in [0, 0.05) is 23.7 Å². The molecule has 2 bridgehead atoms. The van der Waals surface area contributed by atoms with E-state index in [4.69, 9.17) is 0 Å². The van der Waals surface area contributed by atoms with Crippen molar-refractivity contribution in [1.29, 1.82) is 0 Å². The molecule has 25 heavy (non-hydrogen) atoms. The first kappa shape index (κ1) is 14.6. The van der Waals surface area contributed by atoms with Crippen LogP contribution in [0.3, 0.4) is 0 Å². The van der Waals surface area contributed by atoms with E-state index in [2.05, 4.69) is 20.1 Å². The highest BCUT2D eigenvalue weighted by atomic mass is 16.2. The van der Waals surface area contributed by atoms with Gasteiger partial charge in [-0.2, -0.15) is 15.0 Å². The van der Waals surface area contributed by atoms with E-state index < -0.39 is 0 Å². The standard InChI is InChI=1S/C19H19N5O/c25-19(18-17-4-2-1-3-13(17)7-8-20-18)23-14-5-6-15(23)12-16(11-14)24-21-9-10-22-24/h1-4,7-10,14-16H,5-6,11-12H2. The van der Waals surface area contributed by atoms with Crippen LogP contribution in [0.4, 0.5) is 0 Å². The number of fused-ring (bicyclic) bond motifs is 3. The first-order valence-electron chi connectivity index (χ1n) is 8.83. The lowest BCUT2D eigenvalue weighted by Crippen LogP contribution is -2.47. The Morgan fingerprint density at radius 2 is 1.64 bits per heavy atom. The molecule has 1 amide bonds. The van der Waals surface area contributed by atoms with Crippen LogP contribution < -0.4 is 0 Å². The van der Waals surface area contributed by atoms with Gasteiger partial charge < -0.3 is 4.90 Å². The SMILES string of the molecule is O=C(c1nccc2ccccc12)N1C2CCC1CC(n1nccn1)C2. The van der Waals surface area contributed by atoms with Crippen molar-refractivity contribution in [3.05, 3.63) is 54.6 Å². The zero-order valence-corrected chi connectivity index (χ0v) is 13.8. The largest absolute Gasteiger partial charge is 0.331 e. The van der Waals surface area contributed by atoms with Crippen LogP contribution in [0.15, 0.2) is 48.9 Å². The second-order valence-electron chi connectivity index (χ2n) is 6.95. The van der Waals surface area contributed by atoms with Gasteiger partial charge in [-0.25, -0.2) is 0 Å². The van der Waals surface area contributed by atoms with Crippen molar-refractivity contribution in [2.24, 2.45) is 0 Å². The quantitative estimate of drug-likeness (QED) is 0.723. The minimum Gasteiger partial charge on any atom is -0.331 e. The third kappa shape index (κ3) is 2.32. The first-order valence-corrected chi connectivity index (χ1v) is 8.83. The van der Waals surface area contributed by atoms with Gasteiger partial charge in [-0.15, -0.1) is 0 Å². The maximum atomic E-state index is 13.3. The fourth-order valence-corrected chi connectivity index (χ4v) is 4.50. The van der Waals surface area contributed by atoms with Crippen LogP contribution >= 0.6 is 0 Å². The molecule has 0 N–H and O–H groups in total. The van der Waals surface area contributed by atoms with Gasteiger partial charge >= 0.3 is 0 Å². The Morgan fingerprint density at radius 1 is 0.920 bits per heavy atom. The van der Waals surface area contributed by atoms with E-state index in [1.165, 1.54) is 0 Å². The number of aromatic nitrogens is 4. The fourth-order valence-electron chi connectivity index (χ4n) is 4.50. The second-order valence-corrected chi connectivity index (χ2v) is 6.95. The van der Waals surface area contributed by atoms with Crippen molar-refractivity contribution in [3.8, 4) is 0 Å². The van der Waals surface area contributed by atoms with Gasteiger partial charge in [0.25, 0.3) is 5.91 Å². The van der Waals surface area contributed by atoms with E-state index in [1.54, 1.807) is 18.6 Å². The molecule has 2 fully saturated rings. The van der Waals surface area contributed by atoms with Crippen molar-refractivity contribution in [2.75, 3.05) is 0 Å². The summed E-state index contributed by atoms with van der Waals surface area (Å²) in [5.74, 6) is 0.0659. The van der Waals surface area contributed by atoms with E-state index >= 15 is 0 Å². The van der Waals surface area contributed by atoms with Crippen LogP contribution in [0.1, 0.15) is 42.2 Å². The average molecular weight is 333 g/mol. The Hall–Kier alpha value is -2.76. The Balaban J connectivity index is 1.47. The summed E-state index contributed by atoms with van der Waals surface area (Å²) in [5, 5.41) is 10.6. The third-order valence-corrected chi connectivity index (χ3v) is 5.58. The van der Waals surface area contributed by atoms with Crippen LogP contribution in [0.25, 0.3) is 10.8 Å². The average Bonchev–Trinajstić information content (AvgIpc) is 3.27. The molecule has 126 valence electrons. The van der Waals surface area contributed by atoms with Crippen LogP contribution in [0, 0.1) is 0 Å². The predicted molar refractivity (Wildman–Crippen MR) is 93.0 cm³/mol.